The Kier molecular flexibility index (Phi) is 3.49. The maximum absolute atomic E-state index is 13.2. The molecule has 0 aliphatic heterocycles. The smallest absolute Gasteiger partial charge is 0.233 e. The van der Waals surface area contributed by atoms with Crippen LogP contribution in [0.5, 0.6) is 0 Å². The standard InChI is InChI=1S/C12H8BrFN4OS/c13-8-3-6(1-2-9(8)14)11-17-10(19-18-11)4-7-5-20-12(15)16-7/h1-3,5H,4H2,(H2,15,16). The Morgan fingerprint density at radius 1 is 1.35 bits per heavy atom. The van der Waals surface area contributed by atoms with Gasteiger partial charge in [0.05, 0.1) is 16.6 Å². The molecule has 0 aliphatic rings. The van der Waals surface area contributed by atoms with E-state index < -0.39 is 0 Å². The zero-order valence-electron chi connectivity index (χ0n) is 10.0. The SMILES string of the molecule is Nc1nc(Cc2nc(-c3ccc(F)c(Br)c3)no2)cs1. The maximum atomic E-state index is 13.2. The van der Waals surface area contributed by atoms with Crippen LogP contribution in [0.3, 0.4) is 0 Å². The van der Waals surface area contributed by atoms with E-state index >= 15 is 0 Å². The molecule has 0 saturated heterocycles. The Bertz CT molecular complexity index is 758. The van der Waals surface area contributed by atoms with E-state index in [-0.39, 0.29) is 5.82 Å². The fourth-order valence-corrected chi connectivity index (χ4v) is 2.58. The first kappa shape index (κ1) is 13.2. The van der Waals surface area contributed by atoms with Gasteiger partial charge in [-0.25, -0.2) is 9.37 Å². The molecule has 0 unspecified atom stereocenters. The monoisotopic (exact) mass is 354 g/mol. The van der Waals surface area contributed by atoms with Crippen molar-refractivity contribution in [2.45, 2.75) is 6.42 Å². The van der Waals surface area contributed by atoms with Gasteiger partial charge >= 0.3 is 0 Å². The highest BCUT2D eigenvalue weighted by atomic mass is 79.9. The number of hydrogen-bond acceptors (Lipinski definition) is 6. The largest absolute Gasteiger partial charge is 0.375 e. The number of halogens is 2. The van der Waals surface area contributed by atoms with Gasteiger partial charge in [-0.3, -0.25) is 0 Å². The van der Waals surface area contributed by atoms with Gasteiger partial charge in [-0.1, -0.05) is 5.16 Å². The Hall–Kier alpha value is -1.80. The van der Waals surface area contributed by atoms with E-state index in [2.05, 4.69) is 31.1 Å². The van der Waals surface area contributed by atoms with Crippen LogP contribution in [0.15, 0.2) is 32.6 Å². The van der Waals surface area contributed by atoms with Gasteiger partial charge in [0.25, 0.3) is 0 Å². The van der Waals surface area contributed by atoms with Crippen molar-refractivity contribution >= 4 is 32.4 Å². The maximum Gasteiger partial charge on any atom is 0.233 e. The summed E-state index contributed by atoms with van der Waals surface area (Å²) in [5, 5.41) is 6.22. The first-order valence-electron chi connectivity index (χ1n) is 5.60. The van der Waals surface area contributed by atoms with Crippen molar-refractivity contribution in [3.63, 3.8) is 0 Å². The molecule has 0 fully saturated rings. The summed E-state index contributed by atoms with van der Waals surface area (Å²) in [7, 11) is 0. The Balaban J connectivity index is 1.84. The number of nitrogen functional groups attached to an aromatic ring is 1. The second-order valence-electron chi connectivity index (χ2n) is 3.99. The van der Waals surface area contributed by atoms with Crippen LogP contribution in [0.4, 0.5) is 9.52 Å². The molecule has 2 aromatic heterocycles. The first-order valence-corrected chi connectivity index (χ1v) is 7.27. The van der Waals surface area contributed by atoms with E-state index in [0.717, 1.165) is 5.69 Å². The van der Waals surface area contributed by atoms with Crippen LogP contribution in [0.25, 0.3) is 11.4 Å². The summed E-state index contributed by atoms with van der Waals surface area (Å²) in [6.07, 6.45) is 0.420. The van der Waals surface area contributed by atoms with Crippen molar-refractivity contribution in [1.82, 2.24) is 15.1 Å². The second kappa shape index (κ2) is 5.29. The van der Waals surface area contributed by atoms with Crippen LogP contribution < -0.4 is 5.73 Å². The molecule has 0 saturated carbocycles. The highest BCUT2D eigenvalue weighted by molar-refractivity contribution is 9.10. The summed E-state index contributed by atoms with van der Waals surface area (Å²) in [6.45, 7) is 0. The minimum atomic E-state index is -0.338. The average Bonchev–Trinajstić information content (AvgIpc) is 3.03. The summed E-state index contributed by atoms with van der Waals surface area (Å²) in [5.41, 5.74) is 7.01. The van der Waals surface area contributed by atoms with Gasteiger partial charge in [-0.05, 0) is 34.1 Å². The van der Waals surface area contributed by atoms with Crippen molar-refractivity contribution in [2.24, 2.45) is 0 Å². The quantitative estimate of drug-likeness (QED) is 0.780. The van der Waals surface area contributed by atoms with E-state index in [1.165, 1.54) is 17.4 Å². The summed E-state index contributed by atoms with van der Waals surface area (Å²) in [6, 6.07) is 4.54. The highest BCUT2D eigenvalue weighted by Gasteiger charge is 2.12. The number of rotatable bonds is 3. The third-order valence-corrected chi connectivity index (χ3v) is 3.88. The number of nitrogens with two attached hydrogens (primary N) is 1. The molecule has 20 heavy (non-hydrogen) atoms. The predicted octanol–water partition coefficient (Wildman–Crippen LogP) is 3.27. The lowest BCUT2D eigenvalue weighted by molar-refractivity contribution is 0.385. The summed E-state index contributed by atoms with van der Waals surface area (Å²) < 4.78 is 18.7. The van der Waals surface area contributed by atoms with Crippen LogP contribution >= 0.6 is 27.3 Å². The van der Waals surface area contributed by atoms with Gasteiger partial charge in [0.2, 0.25) is 11.7 Å². The van der Waals surface area contributed by atoms with E-state index in [1.54, 1.807) is 12.1 Å². The molecule has 0 radical (unpaired) electrons. The zero-order valence-corrected chi connectivity index (χ0v) is 12.4. The minimum absolute atomic E-state index is 0.338. The van der Waals surface area contributed by atoms with E-state index in [1.807, 2.05) is 5.38 Å². The lowest BCUT2D eigenvalue weighted by atomic mass is 10.2. The molecule has 3 rings (SSSR count). The van der Waals surface area contributed by atoms with Crippen LogP contribution in [0.2, 0.25) is 0 Å². The van der Waals surface area contributed by atoms with Crippen molar-refractivity contribution in [3.05, 3.63) is 45.5 Å². The minimum Gasteiger partial charge on any atom is -0.375 e. The molecule has 0 spiro atoms. The number of thiazole rings is 1. The number of anilines is 1. The van der Waals surface area contributed by atoms with Crippen LogP contribution in [-0.4, -0.2) is 15.1 Å². The van der Waals surface area contributed by atoms with Gasteiger partial charge in [0.1, 0.15) is 5.82 Å². The Morgan fingerprint density at radius 2 is 2.20 bits per heavy atom. The van der Waals surface area contributed by atoms with E-state index in [0.29, 0.717) is 33.3 Å². The number of aromatic nitrogens is 3. The first-order chi connectivity index (χ1) is 9.61. The van der Waals surface area contributed by atoms with E-state index in [9.17, 15) is 4.39 Å². The number of benzene rings is 1. The molecular formula is C12H8BrFN4OS. The molecule has 0 atom stereocenters. The molecule has 0 aliphatic carbocycles. The van der Waals surface area contributed by atoms with E-state index in [4.69, 9.17) is 10.3 Å². The Labute approximate surface area is 125 Å². The fraction of sp³-hybridized carbons (Fsp3) is 0.0833. The third-order valence-electron chi connectivity index (χ3n) is 2.55. The van der Waals surface area contributed by atoms with Crippen LogP contribution in [0, 0.1) is 5.82 Å². The highest BCUT2D eigenvalue weighted by Crippen LogP contribution is 2.23. The lowest BCUT2D eigenvalue weighted by Gasteiger charge is -1.96. The number of nitrogens with zero attached hydrogens (tertiary/aromatic N) is 3. The molecule has 2 heterocycles. The van der Waals surface area contributed by atoms with Crippen LogP contribution in [-0.2, 0) is 6.42 Å². The molecule has 3 aromatic rings. The van der Waals surface area contributed by atoms with Crippen molar-refractivity contribution in [2.75, 3.05) is 5.73 Å². The molecule has 8 heteroatoms. The molecule has 2 N–H and O–H groups in total. The average molecular weight is 355 g/mol. The lowest BCUT2D eigenvalue weighted by Crippen LogP contribution is -1.90. The van der Waals surface area contributed by atoms with Crippen LogP contribution in [0.1, 0.15) is 11.6 Å². The molecule has 1 aromatic carbocycles. The Morgan fingerprint density at radius 3 is 2.90 bits per heavy atom. The molecular weight excluding hydrogens is 347 g/mol. The van der Waals surface area contributed by atoms with Gasteiger partial charge in [-0.2, -0.15) is 4.98 Å². The summed E-state index contributed by atoms with van der Waals surface area (Å²) >= 11 is 4.48. The van der Waals surface area contributed by atoms with Gasteiger partial charge in [-0.15, -0.1) is 11.3 Å². The van der Waals surface area contributed by atoms with Crippen molar-refractivity contribution in [1.29, 1.82) is 0 Å². The third kappa shape index (κ3) is 2.70. The number of hydrogen-bond donors (Lipinski definition) is 1. The van der Waals surface area contributed by atoms with Crippen molar-refractivity contribution < 1.29 is 8.91 Å². The predicted molar refractivity (Wildman–Crippen MR) is 76.7 cm³/mol. The topological polar surface area (TPSA) is 77.8 Å². The molecule has 0 bridgehead atoms. The summed E-state index contributed by atoms with van der Waals surface area (Å²) in [5.74, 6) is 0.505. The second-order valence-corrected chi connectivity index (χ2v) is 5.74. The normalized spacial score (nSPS) is 10.9. The van der Waals surface area contributed by atoms with Crippen molar-refractivity contribution in [3.8, 4) is 11.4 Å². The van der Waals surface area contributed by atoms with Gasteiger partial charge in [0.15, 0.2) is 5.13 Å². The molecule has 0 amide bonds. The fourth-order valence-electron chi connectivity index (χ4n) is 1.64. The molecule has 102 valence electrons. The van der Waals surface area contributed by atoms with Gasteiger partial charge in [0, 0.05) is 10.9 Å². The zero-order chi connectivity index (χ0) is 14.1. The van der Waals surface area contributed by atoms with Gasteiger partial charge < -0.3 is 10.3 Å². The summed E-state index contributed by atoms with van der Waals surface area (Å²) in [4.78, 5) is 8.38. The molecule has 5 nitrogen and oxygen atoms in total.